The minimum absolute atomic E-state index is 0.186. The molecule has 3 rings (SSSR count). The summed E-state index contributed by atoms with van der Waals surface area (Å²) in [6.07, 6.45) is 1.60. The normalized spacial score (nSPS) is 10.7. The average molecular weight is 253 g/mol. The van der Waals surface area contributed by atoms with E-state index in [1.807, 2.05) is 12.1 Å². The third-order valence-corrected chi connectivity index (χ3v) is 2.88. The Balaban J connectivity index is 2.10. The molecule has 0 spiro atoms. The largest absolute Gasteiger partial charge is 0.383 e. The van der Waals surface area contributed by atoms with Crippen LogP contribution in [0.1, 0.15) is 5.56 Å². The van der Waals surface area contributed by atoms with Crippen molar-refractivity contribution in [2.45, 2.75) is 6.54 Å². The van der Waals surface area contributed by atoms with Crippen LogP contribution in [0.3, 0.4) is 0 Å². The first-order chi connectivity index (χ1) is 9.25. The lowest BCUT2D eigenvalue weighted by Crippen LogP contribution is -2.25. The van der Waals surface area contributed by atoms with E-state index in [0.29, 0.717) is 16.7 Å². The highest BCUT2D eigenvalue weighted by Gasteiger charge is 2.07. The number of nitrogens with two attached hydrogens (primary N) is 1. The summed E-state index contributed by atoms with van der Waals surface area (Å²) in [5.74, 6) is 0.393. The highest BCUT2D eigenvalue weighted by molar-refractivity contribution is 5.76. The van der Waals surface area contributed by atoms with E-state index in [2.05, 4.69) is 15.3 Å². The summed E-state index contributed by atoms with van der Waals surface area (Å²) in [6, 6.07) is 10.7. The molecule has 3 aromatic rings. The van der Waals surface area contributed by atoms with Crippen LogP contribution in [0.4, 0.5) is 5.82 Å². The van der Waals surface area contributed by atoms with Gasteiger partial charge in [-0.2, -0.15) is 0 Å². The van der Waals surface area contributed by atoms with E-state index in [1.54, 1.807) is 30.5 Å². The van der Waals surface area contributed by atoms with Crippen molar-refractivity contribution < 1.29 is 0 Å². The monoisotopic (exact) mass is 253 g/mol. The molecule has 0 amide bonds. The van der Waals surface area contributed by atoms with E-state index < -0.39 is 0 Å². The van der Waals surface area contributed by atoms with Gasteiger partial charge in [0.05, 0.1) is 11.9 Å². The number of benzene rings is 1. The van der Waals surface area contributed by atoms with E-state index in [-0.39, 0.29) is 12.1 Å². The highest BCUT2D eigenvalue weighted by atomic mass is 16.1. The molecule has 0 aliphatic heterocycles. The Morgan fingerprint density at radius 3 is 2.84 bits per heavy atom. The third-order valence-electron chi connectivity index (χ3n) is 2.88. The summed E-state index contributed by atoms with van der Waals surface area (Å²) in [5, 5.41) is 8.47. The molecule has 6 nitrogen and oxygen atoms in total. The van der Waals surface area contributed by atoms with Crippen LogP contribution in [0.5, 0.6) is 0 Å². The summed E-state index contributed by atoms with van der Waals surface area (Å²) < 4.78 is 1.29. The number of pyridine rings is 1. The molecular weight excluding hydrogens is 242 g/mol. The lowest BCUT2D eigenvalue weighted by molar-refractivity contribution is 0.601. The van der Waals surface area contributed by atoms with Crippen LogP contribution in [0, 0.1) is 0 Å². The molecule has 2 aromatic heterocycles. The van der Waals surface area contributed by atoms with Crippen LogP contribution in [-0.2, 0) is 6.54 Å². The van der Waals surface area contributed by atoms with E-state index in [1.165, 1.54) is 4.68 Å². The van der Waals surface area contributed by atoms with Gasteiger partial charge in [0.2, 0.25) is 0 Å². The molecule has 0 atom stereocenters. The number of aromatic nitrogens is 4. The van der Waals surface area contributed by atoms with Gasteiger partial charge in [0.15, 0.2) is 0 Å². The first kappa shape index (κ1) is 11.3. The van der Waals surface area contributed by atoms with Crippen molar-refractivity contribution in [1.29, 1.82) is 0 Å². The molecule has 0 bridgehead atoms. The summed E-state index contributed by atoms with van der Waals surface area (Å²) in [6.45, 7) is 0.260. The quantitative estimate of drug-likeness (QED) is 0.730. The van der Waals surface area contributed by atoms with Crippen molar-refractivity contribution in [2.75, 3.05) is 5.73 Å². The van der Waals surface area contributed by atoms with Crippen LogP contribution in [0.25, 0.3) is 10.9 Å². The SMILES string of the molecule is Nc1ncccc1Cn1nnc2ccccc2c1=O. The summed E-state index contributed by atoms with van der Waals surface area (Å²) >= 11 is 0. The van der Waals surface area contributed by atoms with Crippen LogP contribution >= 0.6 is 0 Å². The maximum Gasteiger partial charge on any atom is 0.277 e. The van der Waals surface area contributed by atoms with Crippen molar-refractivity contribution in [3.8, 4) is 0 Å². The van der Waals surface area contributed by atoms with Gasteiger partial charge in [-0.25, -0.2) is 9.67 Å². The summed E-state index contributed by atoms with van der Waals surface area (Å²) in [4.78, 5) is 16.2. The first-order valence-electron chi connectivity index (χ1n) is 5.77. The van der Waals surface area contributed by atoms with E-state index >= 15 is 0 Å². The van der Waals surface area contributed by atoms with Gasteiger partial charge in [-0.05, 0) is 18.2 Å². The maximum absolute atomic E-state index is 12.2. The molecule has 2 heterocycles. The predicted molar refractivity (Wildman–Crippen MR) is 71.5 cm³/mol. The molecular formula is C13H11N5O. The van der Waals surface area contributed by atoms with Crippen LogP contribution in [0.2, 0.25) is 0 Å². The fraction of sp³-hybridized carbons (Fsp3) is 0.0769. The zero-order chi connectivity index (χ0) is 13.2. The lowest BCUT2D eigenvalue weighted by atomic mass is 10.2. The molecule has 2 N–H and O–H groups in total. The van der Waals surface area contributed by atoms with Gasteiger partial charge in [0, 0.05) is 11.8 Å². The van der Waals surface area contributed by atoms with Gasteiger partial charge in [0.25, 0.3) is 5.56 Å². The molecule has 0 unspecified atom stereocenters. The Bertz CT molecular complexity index is 796. The van der Waals surface area contributed by atoms with E-state index in [0.717, 1.165) is 5.56 Å². The number of fused-ring (bicyclic) bond motifs is 1. The smallest absolute Gasteiger partial charge is 0.277 e. The molecule has 1 aromatic carbocycles. The molecule has 0 aliphatic rings. The van der Waals surface area contributed by atoms with Crippen LogP contribution in [0.15, 0.2) is 47.4 Å². The second-order valence-corrected chi connectivity index (χ2v) is 4.12. The van der Waals surface area contributed by atoms with E-state index in [9.17, 15) is 4.79 Å². The number of nitrogens with zero attached hydrogens (tertiary/aromatic N) is 4. The van der Waals surface area contributed by atoms with Gasteiger partial charge in [-0.1, -0.05) is 23.4 Å². The molecule has 0 fully saturated rings. The number of hydrogen-bond donors (Lipinski definition) is 1. The molecule has 0 saturated carbocycles. The molecule has 19 heavy (non-hydrogen) atoms. The third kappa shape index (κ3) is 2.03. The van der Waals surface area contributed by atoms with E-state index in [4.69, 9.17) is 5.73 Å². The average Bonchev–Trinajstić information content (AvgIpc) is 2.44. The predicted octanol–water partition coefficient (Wildman–Crippen LogP) is 0.817. The fourth-order valence-corrected chi connectivity index (χ4v) is 1.87. The van der Waals surface area contributed by atoms with Crippen molar-refractivity contribution in [2.24, 2.45) is 0 Å². The highest BCUT2D eigenvalue weighted by Crippen LogP contribution is 2.08. The van der Waals surface area contributed by atoms with Crippen molar-refractivity contribution in [3.63, 3.8) is 0 Å². The number of nitrogen functional groups attached to an aromatic ring is 1. The van der Waals surface area contributed by atoms with Gasteiger partial charge in [-0.3, -0.25) is 4.79 Å². The van der Waals surface area contributed by atoms with Crippen molar-refractivity contribution >= 4 is 16.7 Å². The second-order valence-electron chi connectivity index (χ2n) is 4.12. The Morgan fingerprint density at radius 2 is 2.00 bits per heavy atom. The lowest BCUT2D eigenvalue weighted by Gasteiger charge is -2.06. The minimum atomic E-state index is -0.186. The topological polar surface area (TPSA) is 86.7 Å². The van der Waals surface area contributed by atoms with Crippen molar-refractivity contribution in [3.05, 3.63) is 58.5 Å². The summed E-state index contributed by atoms with van der Waals surface area (Å²) in [7, 11) is 0. The zero-order valence-electron chi connectivity index (χ0n) is 10.0. The number of hydrogen-bond acceptors (Lipinski definition) is 5. The minimum Gasteiger partial charge on any atom is -0.383 e. The number of rotatable bonds is 2. The molecule has 6 heteroatoms. The number of anilines is 1. The van der Waals surface area contributed by atoms with Gasteiger partial charge < -0.3 is 5.73 Å². The molecule has 0 radical (unpaired) electrons. The maximum atomic E-state index is 12.2. The van der Waals surface area contributed by atoms with Gasteiger partial charge >= 0.3 is 0 Å². The Kier molecular flexibility index (Phi) is 2.68. The van der Waals surface area contributed by atoms with Gasteiger partial charge in [-0.15, -0.1) is 5.10 Å². The first-order valence-corrected chi connectivity index (χ1v) is 5.77. The van der Waals surface area contributed by atoms with Crippen LogP contribution in [-0.4, -0.2) is 20.0 Å². The fourth-order valence-electron chi connectivity index (χ4n) is 1.87. The Labute approximate surface area is 108 Å². The molecule has 0 saturated heterocycles. The molecule has 94 valence electrons. The standard InChI is InChI=1S/C13H11N5O/c14-12-9(4-3-7-15-12)8-18-13(19)10-5-1-2-6-11(10)16-17-18/h1-7H,8H2,(H2,14,15). The van der Waals surface area contributed by atoms with Gasteiger partial charge in [0.1, 0.15) is 11.3 Å². The Morgan fingerprint density at radius 1 is 1.16 bits per heavy atom. The second kappa shape index (κ2) is 4.49. The molecule has 0 aliphatic carbocycles. The summed E-state index contributed by atoms with van der Waals surface area (Å²) in [5.41, 5.74) is 6.90. The van der Waals surface area contributed by atoms with Crippen LogP contribution < -0.4 is 11.3 Å². The van der Waals surface area contributed by atoms with Crippen molar-refractivity contribution in [1.82, 2.24) is 20.0 Å². The Hall–Kier alpha value is -2.76. The zero-order valence-corrected chi connectivity index (χ0v) is 10.0.